The van der Waals surface area contributed by atoms with E-state index in [2.05, 4.69) is 0 Å². The van der Waals surface area contributed by atoms with E-state index in [0.29, 0.717) is 18.7 Å². The topological polar surface area (TPSA) is 27.0 Å². The van der Waals surface area contributed by atoms with Crippen LogP contribution in [0.2, 0.25) is 0 Å². The Balaban J connectivity index is 2.18. The third kappa shape index (κ3) is 2.98. The molecule has 0 amide bonds. The first-order chi connectivity index (χ1) is 8.91. The van der Waals surface area contributed by atoms with Gasteiger partial charge in [0.2, 0.25) is 0 Å². The van der Waals surface area contributed by atoms with Crippen LogP contribution in [0.25, 0.3) is 0 Å². The number of hydrogen-bond donors (Lipinski definition) is 0. The zero-order chi connectivity index (χ0) is 14.0. The number of nitrogens with zero attached hydrogens (tertiary/aromatic N) is 2. The highest BCUT2D eigenvalue weighted by Crippen LogP contribution is 2.35. The van der Waals surface area contributed by atoms with Crippen molar-refractivity contribution < 1.29 is 17.6 Å². The van der Waals surface area contributed by atoms with Gasteiger partial charge in [-0.15, -0.1) is 0 Å². The Morgan fingerprint density at radius 2 is 2.05 bits per heavy atom. The van der Waals surface area contributed by atoms with Crippen molar-refractivity contribution >= 4 is 5.69 Å². The number of nitriles is 1. The van der Waals surface area contributed by atoms with Gasteiger partial charge in [-0.05, 0) is 31.0 Å². The fraction of sp³-hybridized carbons (Fsp3) is 0.462. The molecule has 0 aliphatic carbocycles. The second kappa shape index (κ2) is 5.08. The molecule has 0 bridgehead atoms. The van der Waals surface area contributed by atoms with Gasteiger partial charge >= 0.3 is 6.18 Å². The van der Waals surface area contributed by atoms with Crippen molar-refractivity contribution in [3.63, 3.8) is 0 Å². The average Bonchev–Trinajstić information content (AvgIpc) is 2.38. The van der Waals surface area contributed by atoms with E-state index in [4.69, 9.17) is 5.26 Å². The number of halogens is 4. The van der Waals surface area contributed by atoms with Crippen LogP contribution in [0.5, 0.6) is 0 Å². The maximum atomic E-state index is 13.5. The van der Waals surface area contributed by atoms with Crippen molar-refractivity contribution in [3.8, 4) is 6.07 Å². The number of piperidine rings is 1. The van der Waals surface area contributed by atoms with Gasteiger partial charge in [-0.3, -0.25) is 0 Å². The lowest BCUT2D eigenvalue weighted by molar-refractivity contribution is -0.175. The van der Waals surface area contributed by atoms with Gasteiger partial charge in [0.25, 0.3) is 0 Å². The molecule has 0 spiro atoms. The second-order valence-electron chi connectivity index (χ2n) is 4.60. The highest BCUT2D eigenvalue weighted by atomic mass is 19.4. The van der Waals surface area contributed by atoms with Crippen LogP contribution in [0.15, 0.2) is 18.2 Å². The fourth-order valence-electron chi connectivity index (χ4n) is 2.27. The SMILES string of the molecule is N#Cc1ccc(N2CCCC(C(F)(F)F)C2)cc1F. The van der Waals surface area contributed by atoms with E-state index < -0.39 is 17.9 Å². The summed E-state index contributed by atoms with van der Waals surface area (Å²) < 4.78 is 51.5. The summed E-state index contributed by atoms with van der Waals surface area (Å²) in [4.78, 5) is 1.52. The van der Waals surface area contributed by atoms with Gasteiger partial charge < -0.3 is 4.90 Å². The summed E-state index contributed by atoms with van der Waals surface area (Å²) in [6, 6.07) is 5.59. The minimum Gasteiger partial charge on any atom is -0.371 e. The van der Waals surface area contributed by atoms with Crippen LogP contribution in [0.4, 0.5) is 23.2 Å². The van der Waals surface area contributed by atoms with Crippen LogP contribution in [0.1, 0.15) is 18.4 Å². The number of benzene rings is 1. The Morgan fingerprint density at radius 3 is 2.63 bits per heavy atom. The highest BCUT2D eigenvalue weighted by molar-refractivity contribution is 5.50. The highest BCUT2D eigenvalue weighted by Gasteiger charge is 2.41. The van der Waals surface area contributed by atoms with Crippen LogP contribution in [0.3, 0.4) is 0 Å². The molecule has 0 saturated carbocycles. The molecule has 1 unspecified atom stereocenters. The van der Waals surface area contributed by atoms with E-state index in [9.17, 15) is 17.6 Å². The van der Waals surface area contributed by atoms with E-state index >= 15 is 0 Å². The summed E-state index contributed by atoms with van der Waals surface area (Å²) >= 11 is 0. The number of rotatable bonds is 1. The third-order valence-corrected chi connectivity index (χ3v) is 3.32. The fourth-order valence-corrected chi connectivity index (χ4v) is 2.27. The maximum absolute atomic E-state index is 13.5. The van der Waals surface area contributed by atoms with Gasteiger partial charge in [0.15, 0.2) is 0 Å². The number of hydrogen-bond acceptors (Lipinski definition) is 2. The van der Waals surface area contributed by atoms with Crippen LogP contribution >= 0.6 is 0 Å². The molecular weight excluding hydrogens is 260 g/mol. The first-order valence-electron chi connectivity index (χ1n) is 5.93. The molecule has 0 radical (unpaired) electrons. The van der Waals surface area contributed by atoms with Crippen LogP contribution < -0.4 is 4.90 Å². The van der Waals surface area contributed by atoms with Crippen LogP contribution in [0, 0.1) is 23.1 Å². The van der Waals surface area contributed by atoms with Crippen molar-refractivity contribution in [2.75, 3.05) is 18.0 Å². The Hall–Kier alpha value is -1.77. The van der Waals surface area contributed by atoms with Gasteiger partial charge in [0.1, 0.15) is 11.9 Å². The Morgan fingerprint density at radius 1 is 1.32 bits per heavy atom. The van der Waals surface area contributed by atoms with E-state index in [0.717, 1.165) is 6.07 Å². The molecule has 1 aliphatic heterocycles. The van der Waals surface area contributed by atoms with Gasteiger partial charge in [-0.2, -0.15) is 18.4 Å². The summed E-state index contributed by atoms with van der Waals surface area (Å²) in [6.45, 7) is 0.312. The molecule has 1 atom stereocenters. The van der Waals surface area contributed by atoms with Crippen LogP contribution in [-0.4, -0.2) is 19.3 Å². The lowest BCUT2D eigenvalue weighted by Gasteiger charge is -2.35. The van der Waals surface area contributed by atoms with Gasteiger partial charge in [-0.25, -0.2) is 4.39 Å². The molecule has 1 aliphatic rings. The number of anilines is 1. The summed E-state index contributed by atoms with van der Waals surface area (Å²) in [6.07, 6.45) is -3.69. The van der Waals surface area contributed by atoms with Gasteiger partial charge in [0, 0.05) is 18.8 Å². The molecule has 19 heavy (non-hydrogen) atoms. The Labute approximate surface area is 108 Å². The summed E-state index contributed by atoms with van der Waals surface area (Å²) in [5.41, 5.74) is 0.290. The molecule has 1 fully saturated rings. The molecule has 1 aromatic carbocycles. The summed E-state index contributed by atoms with van der Waals surface area (Å²) in [5.74, 6) is -2.07. The van der Waals surface area contributed by atoms with Gasteiger partial charge in [-0.1, -0.05) is 0 Å². The predicted octanol–water partition coefficient (Wildman–Crippen LogP) is 3.48. The van der Waals surface area contributed by atoms with Gasteiger partial charge in [0.05, 0.1) is 11.5 Å². The molecule has 2 rings (SSSR count). The van der Waals surface area contributed by atoms with E-state index in [-0.39, 0.29) is 18.5 Å². The molecule has 0 N–H and O–H groups in total. The summed E-state index contributed by atoms with van der Waals surface area (Å²) in [7, 11) is 0. The van der Waals surface area contributed by atoms with Crippen molar-refractivity contribution in [3.05, 3.63) is 29.6 Å². The standard InChI is InChI=1S/C13H12F4N2/c14-12-6-11(4-3-9(12)7-18)19-5-1-2-10(8-19)13(15,16)17/h3-4,6,10H,1-2,5,8H2. The molecule has 1 heterocycles. The first kappa shape index (κ1) is 13.7. The lowest BCUT2D eigenvalue weighted by atomic mass is 9.97. The minimum atomic E-state index is -4.22. The Kier molecular flexibility index (Phi) is 3.65. The molecule has 0 aromatic heterocycles. The molecular formula is C13H12F4N2. The van der Waals surface area contributed by atoms with Crippen molar-refractivity contribution in [1.82, 2.24) is 0 Å². The van der Waals surface area contributed by atoms with Crippen molar-refractivity contribution in [2.45, 2.75) is 19.0 Å². The molecule has 1 aromatic rings. The van der Waals surface area contributed by atoms with E-state index in [1.165, 1.54) is 17.0 Å². The first-order valence-corrected chi connectivity index (χ1v) is 5.93. The molecule has 102 valence electrons. The van der Waals surface area contributed by atoms with Crippen LogP contribution in [-0.2, 0) is 0 Å². The van der Waals surface area contributed by atoms with Crippen molar-refractivity contribution in [2.24, 2.45) is 5.92 Å². The molecule has 6 heteroatoms. The zero-order valence-electron chi connectivity index (χ0n) is 10.0. The number of alkyl halides is 3. The minimum absolute atomic E-state index is 0.104. The van der Waals surface area contributed by atoms with E-state index in [1.807, 2.05) is 0 Å². The maximum Gasteiger partial charge on any atom is 0.393 e. The third-order valence-electron chi connectivity index (χ3n) is 3.32. The molecule has 2 nitrogen and oxygen atoms in total. The quantitative estimate of drug-likeness (QED) is 0.732. The zero-order valence-corrected chi connectivity index (χ0v) is 10.0. The Bertz CT molecular complexity index is 504. The second-order valence-corrected chi connectivity index (χ2v) is 4.60. The predicted molar refractivity (Wildman–Crippen MR) is 62.1 cm³/mol. The lowest BCUT2D eigenvalue weighted by Crippen LogP contribution is -2.41. The van der Waals surface area contributed by atoms with Crippen molar-refractivity contribution in [1.29, 1.82) is 5.26 Å². The normalized spacial score (nSPS) is 20.2. The molecule has 1 saturated heterocycles. The smallest absolute Gasteiger partial charge is 0.371 e. The summed E-state index contributed by atoms with van der Waals surface area (Å²) in [5, 5.41) is 8.62. The largest absolute Gasteiger partial charge is 0.393 e. The van der Waals surface area contributed by atoms with E-state index in [1.54, 1.807) is 6.07 Å². The monoisotopic (exact) mass is 272 g/mol. The average molecular weight is 272 g/mol.